The molecular weight excluding hydrogens is 230 g/mol. The van der Waals surface area contributed by atoms with Crippen molar-refractivity contribution in [1.29, 1.82) is 0 Å². The molecule has 0 aromatic rings. The number of carbonyl (C=O) groups excluding carboxylic acids is 2. The third-order valence-electron chi connectivity index (χ3n) is 2.69. The Labute approximate surface area is 108 Å². The fraction of sp³-hybridized carbons (Fsp3) is 0.538. The minimum atomic E-state index is -0.247. The Bertz CT molecular complexity index is 332. The van der Waals surface area contributed by atoms with Crippen molar-refractivity contribution in [2.24, 2.45) is 0 Å². The maximum Gasteiger partial charge on any atom is 0.253 e. The molecule has 5 nitrogen and oxygen atoms in total. The molecule has 2 N–H and O–H groups in total. The van der Waals surface area contributed by atoms with Crippen LogP contribution in [0.3, 0.4) is 0 Å². The van der Waals surface area contributed by atoms with Gasteiger partial charge in [0.1, 0.15) is 0 Å². The molecule has 18 heavy (non-hydrogen) atoms. The van der Waals surface area contributed by atoms with Gasteiger partial charge >= 0.3 is 0 Å². The monoisotopic (exact) mass is 251 g/mol. The summed E-state index contributed by atoms with van der Waals surface area (Å²) in [4.78, 5) is 23.7. The fourth-order valence-corrected chi connectivity index (χ4v) is 1.65. The van der Waals surface area contributed by atoms with Gasteiger partial charge in [0, 0.05) is 31.8 Å². The summed E-state index contributed by atoms with van der Waals surface area (Å²) in [5.74, 6) is 0.241. The van der Waals surface area contributed by atoms with Crippen LogP contribution in [0.15, 0.2) is 24.6 Å². The molecule has 1 rings (SSSR count). The van der Waals surface area contributed by atoms with Crippen LogP contribution in [0.2, 0.25) is 0 Å². The van der Waals surface area contributed by atoms with Crippen molar-refractivity contribution in [1.82, 2.24) is 15.5 Å². The molecule has 0 bridgehead atoms. The molecule has 0 radical (unpaired) electrons. The fourth-order valence-electron chi connectivity index (χ4n) is 1.65. The van der Waals surface area contributed by atoms with Gasteiger partial charge < -0.3 is 10.6 Å². The Morgan fingerprint density at radius 2 is 1.78 bits per heavy atom. The Balaban J connectivity index is 2.09. The molecule has 2 amide bonds. The summed E-state index contributed by atoms with van der Waals surface area (Å²) in [6.07, 6.45) is 6.08. The molecule has 0 aliphatic carbocycles. The molecule has 5 heteroatoms. The van der Waals surface area contributed by atoms with Crippen LogP contribution in [0.25, 0.3) is 0 Å². The Kier molecular flexibility index (Phi) is 5.97. The SMILES string of the molecule is C=C(NCCCCC)NCCN1C(=O)C=CC1=O. The van der Waals surface area contributed by atoms with E-state index in [-0.39, 0.29) is 11.8 Å². The highest BCUT2D eigenvalue weighted by atomic mass is 16.2. The Hall–Kier alpha value is -1.78. The molecule has 0 aromatic carbocycles. The quantitative estimate of drug-likeness (QED) is 0.469. The predicted octanol–water partition coefficient (Wildman–Crippen LogP) is 0.752. The lowest BCUT2D eigenvalue weighted by Crippen LogP contribution is -2.38. The molecule has 1 heterocycles. The average Bonchev–Trinajstić information content (AvgIpc) is 2.66. The van der Waals surface area contributed by atoms with Crippen LogP contribution in [0.4, 0.5) is 0 Å². The zero-order valence-electron chi connectivity index (χ0n) is 10.9. The first-order chi connectivity index (χ1) is 8.65. The summed E-state index contributed by atoms with van der Waals surface area (Å²) >= 11 is 0. The average molecular weight is 251 g/mol. The van der Waals surface area contributed by atoms with E-state index in [1.165, 1.54) is 29.9 Å². The number of imide groups is 1. The molecule has 1 aliphatic rings. The Morgan fingerprint density at radius 1 is 1.17 bits per heavy atom. The molecule has 0 spiro atoms. The number of carbonyl (C=O) groups is 2. The van der Waals surface area contributed by atoms with E-state index in [1.807, 2.05) is 0 Å². The second-order valence-corrected chi connectivity index (χ2v) is 4.20. The van der Waals surface area contributed by atoms with Gasteiger partial charge in [-0.25, -0.2) is 0 Å². The van der Waals surface area contributed by atoms with Crippen LogP contribution in [0.5, 0.6) is 0 Å². The maximum absolute atomic E-state index is 11.3. The third kappa shape index (κ3) is 4.61. The standard InChI is InChI=1S/C13H21N3O2/c1-3-4-5-8-14-11(2)15-9-10-16-12(17)6-7-13(16)18/h6-7,14-15H,2-5,8-10H2,1H3. The van der Waals surface area contributed by atoms with E-state index in [9.17, 15) is 9.59 Å². The van der Waals surface area contributed by atoms with Gasteiger partial charge in [-0.2, -0.15) is 0 Å². The Morgan fingerprint density at radius 3 is 2.39 bits per heavy atom. The summed E-state index contributed by atoms with van der Waals surface area (Å²) in [7, 11) is 0. The first-order valence-corrected chi connectivity index (χ1v) is 6.35. The minimum absolute atomic E-state index is 0.247. The van der Waals surface area contributed by atoms with Crippen molar-refractivity contribution < 1.29 is 9.59 Å². The largest absolute Gasteiger partial charge is 0.372 e. The molecule has 0 aromatic heterocycles. The van der Waals surface area contributed by atoms with Gasteiger partial charge in [0.2, 0.25) is 0 Å². The number of nitrogens with zero attached hydrogens (tertiary/aromatic N) is 1. The topological polar surface area (TPSA) is 61.4 Å². The van der Waals surface area contributed by atoms with Crippen LogP contribution in [-0.4, -0.2) is 36.3 Å². The molecule has 0 fully saturated rings. The van der Waals surface area contributed by atoms with E-state index in [2.05, 4.69) is 24.1 Å². The lowest BCUT2D eigenvalue weighted by atomic mass is 10.2. The van der Waals surface area contributed by atoms with Gasteiger partial charge in [0.15, 0.2) is 0 Å². The van der Waals surface area contributed by atoms with E-state index in [1.54, 1.807) is 0 Å². The highest BCUT2D eigenvalue weighted by molar-refractivity contribution is 6.12. The zero-order chi connectivity index (χ0) is 13.4. The van der Waals surface area contributed by atoms with Crippen LogP contribution < -0.4 is 10.6 Å². The van der Waals surface area contributed by atoms with Crippen LogP contribution in [-0.2, 0) is 9.59 Å². The van der Waals surface area contributed by atoms with E-state index in [4.69, 9.17) is 0 Å². The number of rotatable bonds is 9. The number of nitrogens with one attached hydrogen (secondary N) is 2. The van der Waals surface area contributed by atoms with Crippen molar-refractivity contribution in [3.63, 3.8) is 0 Å². The van der Waals surface area contributed by atoms with E-state index >= 15 is 0 Å². The van der Waals surface area contributed by atoms with Gasteiger partial charge in [0.25, 0.3) is 11.8 Å². The summed E-state index contributed by atoms with van der Waals surface area (Å²) in [6.45, 7) is 7.75. The van der Waals surface area contributed by atoms with Crippen molar-refractivity contribution >= 4 is 11.8 Å². The number of hydrogen-bond donors (Lipinski definition) is 2. The molecule has 0 saturated heterocycles. The van der Waals surface area contributed by atoms with Gasteiger partial charge in [-0.15, -0.1) is 0 Å². The molecular formula is C13H21N3O2. The van der Waals surface area contributed by atoms with Gasteiger partial charge in [-0.1, -0.05) is 26.3 Å². The van der Waals surface area contributed by atoms with Gasteiger partial charge in [-0.05, 0) is 6.42 Å². The predicted molar refractivity (Wildman–Crippen MR) is 70.5 cm³/mol. The van der Waals surface area contributed by atoms with Crippen molar-refractivity contribution in [3.05, 3.63) is 24.6 Å². The van der Waals surface area contributed by atoms with Crippen molar-refractivity contribution in [2.75, 3.05) is 19.6 Å². The highest BCUT2D eigenvalue weighted by Crippen LogP contribution is 2.01. The lowest BCUT2D eigenvalue weighted by Gasteiger charge is -2.16. The number of hydrogen-bond acceptors (Lipinski definition) is 4. The summed E-state index contributed by atoms with van der Waals surface area (Å²) < 4.78 is 0. The first-order valence-electron chi connectivity index (χ1n) is 6.35. The van der Waals surface area contributed by atoms with Gasteiger partial charge in [0.05, 0.1) is 5.82 Å². The van der Waals surface area contributed by atoms with E-state index in [0.29, 0.717) is 13.1 Å². The second-order valence-electron chi connectivity index (χ2n) is 4.20. The molecule has 0 saturated carbocycles. The molecule has 0 unspecified atom stereocenters. The second kappa shape index (κ2) is 7.53. The maximum atomic E-state index is 11.3. The van der Waals surface area contributed by atoms with Crippen molar-refractivity contribution in [3.8, 4) is 0 Å². The zero-order valence-corrected chi connectivity index (χ0v) is 10.9. The molecule has 1 aliphatic heterocycles. The van der Waals surface area contributed by atoms with Crippen LogP contribution in [0.1, 0.15) is 26.2 Å². The normalized spacial score (nSPS) is 14.2. The van der Waals surface area contributed by atoms with Crippen molar-refractivity contribution in [2.45, 2.75) is 26.2 Å². The number of amides is 2. The smallest absolute Gasteiger partial charge is 0.253 e. The number of unbranched alkanes of at least 4 members (excludes halogenated alkanes) is 2. The minimum Gasteiger partial charge on any atom is -0.372 e. The summed E-state index contributed by atoms with van der Waals surface area (Å²) in [5.41, 5.74) is 0. The van der Waals surface area contributed by atoms with E-state index < -0.39 is 0 Å². The summed E-state index contributed by atoms with van der Waals surface area (Å²) in [5, 5.41) is 6.20. The van der Waals surface area contributed by atoms with E-state index in [0.717, 1.165) is 18.8 Å². The van der Waals surface area contributed by atoms with Gasteiger partial charge in [-0.3, -0.25) is 14.5 Å². The third-order valence-corrected chi connectivity index (χ3v) is 2.69. The lowest BCUT2D eigenvalue weighted by molar-refractivity contribution is -0.136. The van der Waals surface area contributed by atoms with Crippen LogP contribution in [0, 0.1) is 0 Å². The molecule has 0 atom stereocenters. The van der Waals surface area contributed by atoms with Crippen LogP contribution >= 0.6 is 0 Å². The highest BCUT2D eigenvalue weighted by Gasteiger charge is 2.22. The molecule has 100 valence electrons. The first kappa shape index (κ1) is 14.3. The summed E-state index contributed by atoms with van der Waals surface area (Å²) in [6, 6.07) is 0.